The second-order valence-electron chi connectivity index (χ2n) is 4.88. The first-order valence-electron chi connectivity index (χ1n) is 7.07. The Morgan fingerprint density at radius 2 is 2.21 bits per heavy atom. The van der Waals surface area contributed by atoms with Gasteiger partial charge in [-0.05, 0) is 18.9 Å². The summed E-state index contributed by atoms with van der Waals surface area (Å²) in [5, 5.41) is 14.3. The average Bonchev–Trinajstić information content (AvgIpc) is 2.87. The molecule has 0 aliphatic heterocycles. The Hall–Kier alpha value is -1.91. The SMILES string of the molecule is COCCCNC(=O)CSc1nc2sc(C(=O)[O-])c(C)c2c(=O)[nH]1. The van der Waals surface area contributed by atoms with Crippen LogP contribution in [-0.4, -0.2) is 47.9 Å². The van der Waals surface area contributed by atoms with Crippen molar-refractivity contribution in [2.75, 3.05) is 26.0 Å². The van der Waals surface area contributed by atoms with Crippen LogP contribution in [0.5, 0.6) is 0 Å². The van der Waals surface area contributed by atoms with Crippen LogP contribution in [0.2, 0.25) is 0 Å². The van der Waals surface area contributed by atoms with Crippen LogP contribution >= 0.6 is 23.1 Å². The Bertz CT molecular complexity index is 815. The van der Waals surface area contributed by atoms with Crippen LogP contribution in [0.1, 0.15) is 21.7 Å². The van der Waals surface area contributed by atoms with Crippen molar-refractivity contribution < 1.29 is 19.4 Å². The molecule has 2 aromatic rings. The predicted molar refractivity (Wildman–Crippen MR) is 89.5 cm³/mol. The van der Waals surface area contributed by atoms with Crippen molar-refractivity contribution in [1.82, 2.24) is 15.3 Å². The highest BCUT2D eigenvalue weighted by molar-refractivity contribution is 7.99. The first-order chi connectivity index (χ1) is 11.4. The van der Waals surface area contributed by atoms with Gasteiger partial charge in [-0.3, -0.25) is 9.59 Å². The molecule has 2 N–H and O–H groups in total. The van der Waals surface area contributed by atoms with Crippen molar-refractivity contribution >= 4 is 45.2 Å². The number of carboxylic acid groups (broad SMARTS) is 1. The number of methoxy groups -OCH3 is 1. The van der Waals surface area contributed by atoms with E-state index in [-0.39, 0.29) is 27.1 Å². The number of nitrogens with one attached hydrogen (secondary N) is 2. The lowest BCUT2D eigenvalue weighted by Gasteiger charge is -2.04. The molecule has 2 aromatic heterocycles. The smallest absolute Gasteiger partial charge is 0.260 e. The number of aromatic nitrogens is 2. The molecule has 0 fully saturated rings. The molecule has 24 heavy (non-hydrogen) atoms. The number of carbonyl (C=O) groups excluding carboxylic acids is 2. The van der Waals surface area contributed by atoms with E-state index in [4.69, 9.17) is 4.74 Å². The van der Waals surface area contributed by atoms with E-state index < -0.39 is 11.5 Å². The summed E-state index contributed by atoms with van der Waals surface area (Å²) in [5.74, 6) is -1.42. The zero-order chi connectivity index (χ0) is 17.7. The number of fused-ring (bicyclic) bond motifs is 1. The van der Waals surface area contributed by atoms with Gasteiger partial charge in [0.1, 0.15) is 4.83 Å². The average molecular weight is 370 g/mol. The summed E-state index contributed by atoms with van der Waals surface area (Å²) < 4.78 is 4.88. The van der Waals surface area contributed by atoms with Crippen LogP contribution in [0.3, 0.4) is 0 Å². The van der Waals surface area contributed by atoms with E-state index in [1.807, 2.05) is 0 Å². The number of aryl methyl sites for hydroxylation is 1. The molecule has 0 unspecified atom stereocenters. The molecule has 0 radical (unpaired) electrons. The highest BCUT2D eigenvalue weighted by atomic mass is 32.2. The van der Waals surface area contributed by atoms with Crippen molar-refractivity contribution in [2.45, 2.75) is 18.5 Å². The summed E-state index contributed by atoms with van der Waals surface area (Å²) in [5.41, 5.74) is -0.0829. The fourth-order valence-electron chi connectivity index (χ4n) is 2.02. The van der Waals surface area contributed by atoms with Gasteiger partial charge in [0, 0.05) is 20.3 Å². The third-order valence-corrected chi connectivity index (χ3v) is 5.19. The van der Waals surface area contributed by atoms with Crippen LogP contribution in [-0.2, 0) is 9.53 Å². The molecule has 0 saturated heterocycles. The Balaban J connectivity index is 2.07. The number of carboxylic acids is 1. The number of carbonyl (C=O) groups is 2. The van der Waals surface area contributed by atoms with E-state index >= 15 is 0 Å². The lowest BCUT2D eigenvalue weighted by atomic mass is 10.2. The van der Waals surface area contributed by atoms with Crippen LogP contribution < -0.4 is 16.0 Å². The van der Waals surface area contributed by atoms with E-state index in [2.05, 4.69) is 15.3 Å². The topological polar surface area (TPSA) is 124 Å². The zero-order valence-corrected chi connectivity index (χ0v) is 14.8. The van der Waals surface area contributed by atoms with Gasteiger partial charge in [0.25, 0.3) is 5.56 Å². The van der Waals surface area contributed by atoms with Crippen molar-refractivity contribution in [3.8, 4) is 0 Å². The van der Waals surface area contributed by atoms with Gasteiger partial charge in [-0.15, -0.1) is 11.3 Å². The third kappa shape index (κ3) is 4.34. The minimum atomic E-state index is -1.33. The summed E-state index contributed by atoms with van der Waals surface area (Å²) in [6.07, 6.45) is 0.717. The first kappa shape index (κ1) is 18.4. The van der Waals surface area contributed by atoms with Gasteiger partial charge in [0.2, 0.25) is 5.91 Å². The second kappa shape index (κ2) is 8.27. The number of nitrogens with zero attached hydrogens (tertiary/aromatic N) is 1. The number of hydrogen-bond acceptors (Lipinski definition) is 8. The lowest BCUT2D eigenvalue weighted by molar-refractivity contribution is -0.254. The number of rotatable bonds is 8. The van der Waals surface area contributed by atoms with Crippen molar-refractivity contribution in [3.05, 3.63) is 20.8 Å². The third-order valence-electron chi connectivity index (χ3n) is 3.15. The number of ether oxygens (including phenoxy) is 1. The quantitative estimate of drug-likeness (QED) is 0.378. The van der Waals surface area contributed by atoms with Gasteiger partial charge in [0.15, 0.2) is 5.16 Å². The van der Waals surface area contributed by atoms with Crippen LogP contribution in [0, 0.1) is 6.92 Å². The van der Waals surface area contributed by atoms with Crippen molar-refractivity contribution in [2.24, 2.45) is 0 Å². The van der Waals surface area contributed by atoms with Crippen LogP contribution in [0.15, 0.2) is 9.95 Å². The first-order valence-corrected chi connectivity index (χ1v) is 8.87. The van der Waals surface area contributed by atoms with E-state index in [1.165, 1.54) is 0 Å². The molecule has 1 amide bonds. The predicted octanol–water partition coefficient (Wildman–Crippen LogP) is -0.0987. The number of hydrogen-bond donors (Lipinski definition) is 2. The highest BCUT2D eigenvalue weighted by Gasteiger charge is 2.15. The van der Waals surface area contributed by atoms with Gasteiger partial charge in [-0.1, -0.05) is 11.8 Å². The van der Waals surface area contributed by atoms with Crippen molar-refractivity contribution in [3.63, 3.8) is 0 Å². The summed E-state index contributed by atoms with van der Waals surface area (Å²) in [6.45, 7) is 2.62. The molecule has 0 aromatic carbocycles. The molecule has 0 aliphatic rings. The number of aromatic amines is 1. The molecular weight excluding hydrogens is 354 g/mol. The molecule has 130 valence electrons. The zero-order valence-electron chi connectivity index (χ0n) is 13.1. The van der Waals surface area contributed by atoms with Crippen LogP contribution in [0.4, 0.5) is 0 Å². The van der Waals surface area contributed by atoms with Gasteiger partial charge in [-0.2, -0.15) is 0 Å². The Morgan fingerprint density at radius 3 is 2.88 bits per heavy atom. The number of H-pyrrole nitrogens is 1. The summed E-state index contributed by atoms with van der Waals surface area (Å²) in [4.78, 5) is 41.9. The molecule has 0 atom stereocenters. The molecule has 2 rings (SSSR count). The van der Waals surface area contributed by atoms with Gasteiger partial charge < -0.3 is 24.9 Å². The molecule has 0 aliphatic carbocycles. The normalized spacial score (nSPS) is 10.9. The molecule has 0 saturated carbocycles. The van der Waals surface area contributed by atoms with Gasteiger partial charge in [-0.25, -0.2) is 4.98 Å². The minimum absolute atomic E-state index is 0.0129. The van der Waals surface area contributed by atoms with E-state index in [9.17, 15) is 19.5 Å². The Morgan fingerprint density at radius 1 is 1.46 bits per heavy atom. The Kier molecular flexibility index (Phi) is 6.35. The number of thiophene rings is 1. The highest BCUT2D eigenvalue weighted by Crippen LogP contribution is 2.27. The molecule has 2 heterocycles. The number of aromatic carboxylic acids is 1. The maximum absolute atomic E-state index is 12.1. The molecule has 10 heteroatoms. The fraction of sp³-hybridized carbons (Fsp3) is 0.429. The molecule has 0 bridgehead atoms. The maximum Gasteiger partial charge on any atom is 0.260 e. The fourth-order valence-corrected chi connectivity index (χ4v) is 3.78. The Labute approximate surface area is 145 Å². The largest absolute Gasteiger partial charge is 0.544 e. The monoisotopic (exact) mass is 370 g/mol. The summed E-state index contributed by atoms with van der Waals surface area (Å²) in [6, 6.07) is 0. The summed E-state index contributed by atoms with van der Waals surface area (Å²) in [7, 11) is 1.59. The molecular formula is C14H16N3O5S2-. The molecule has 0 spiro atoms. The van der Waals surface area contributed by atoms with Gasteiger partial charge in [0.05, 0.1) is 22.0 Å². The number of amides is 1. The summed E-state index contributed by atoms with van der Waals surface area (Å²) >= 11 is 1.97. The van der Waals surface area contributed by atoms with Crippen molar-refractivity contribution in [1.29, 1.82) is 0 Å². The van der Waals surface area contributed by atoms with Gasteiger partial charge >= 0.3 is 0 Å². The van der Waals surface area contributed by atoms with E-state index in [1.54, 1.807) is 14.0 Å². The van der Waals surface area contributed by atoms with Crippen LogP contribution in [0.25, 0.3) is 10.2 Å². The minimum Gasteiger partial charge on any atom is -0.544 e. The molecule has 8 nitrogen and oxygen atoms in total. The second-order valence-corrected chi connectivity index (χ2v) is 6.84. The maximum atomic E-state index is 12.1. The standard InChI is InChI=1S/C14H17N3O5S2/c1-7-9-11(19)16-14(17-12(9)24-10(7)13(20)21)23-6-8(18)15-4-3-5-22-2/h3-6H2,1-2H3,(H,15,18)(H,20,21)(H,16,17,19)/p-1. The lowest BCUT2D eigenvalue weighted by Crippen LogP contribution is -2.27. The van der Waals surface area contributed by atoms with E-state index in [0.717, 1.165) is 23.1 Å². The van der Waals surface area contributed by atoms with E-state index in [0.29, 0.717) is 30.0 Å². The number of thioether (sulfide) groups is 1.